The minimum atomic E-state index is -0.215. The van der Waals surface area contributed by atoms with E-state index in [0.29, 0.717) is 30.4 Å². The number of carbonyl (C=O) groups excluding carboxylic acids is 1. The van der Waals surface area contributed by atoms with Gasteiger partial charge in [-0.3, -0.25) is 9.69 Å². The molecule has 4 heterocycles. The summed E-state index contributed by atoms with van der Waals surface area (Å²) in [5, 5.41) is 2.91. The first kappa shape index (κ1) is 17.7. The van der Waals surface area contributed by atoms with Crippen molar-refractivity contribution in [2.75, 3.05) is 39.1 Å². The molecule has 2 aliphatic rings. The highest BCUT2D eigenvalue weighted by molar-refractivity contribution is 5.78. The standard InChI is InChI=1S/C18H23N5O4/c1-25-16-8-13(21-17(19)22-16)14-3-2-12(27-14)9-23-6-4-18(5-7-23)11-20-15(24)10-26-18/h2-3,8H,4-7,9-11H2,1H3,(H,20,24)(H2,19,21,22). The second kappa shape index (κ2) is 7.16. The number of aromatic nitrogens is 2. The van der Waals surface area contributed by atoms with E-state index < -0.39 is 0 Å². The molecule has 2 aromatic heterocycles. The van der Waals surface area contributed by atoms with E-state index >= 15 is 0 Å². The summed E-state index contributed by atoms with van der Waals surface area (Å²) in [5.74, 6) is 1.99. The van der Waals surface area contributed by atoms with Crippen molar-refractivity contribution in [2.24, 2.45) is 0 Å². The highest BCUT2D eigenvalue weighted by Gasteiger charge is 2.39. The van der Waals surface area contributed by atoms with Gasteiger partial charge >= 0.3 is 0 Å². The van der Waals surface area contributed by atoms with E-state index in [1.807, 2.05) is 12.1 Å². The largest absolute Gasteiger partial charge is 0.481 e. The van der Waals surface area contributed by atoms with Gasteiger partial charge in [0.1, 0.15) is 18.1 Å². The fourth-order valence-electron chi connectivity index (χ4n) is 3.51. The SMILES string of the molecule is COc1cc(-c2ccc(CN3CCC4(CC3)CNC(=O)CO4)o2)nc(N)n1. The van der Waals surface area contributed by atoms with Gasteiger partial charge in [-0.2, -0.15) is 4.98 Å². The van der Waals surface area contributed by atoms with E-state index in [2.05, 4.69) is 20.2 Å². The molecule has 27 heavy (non-hydrogen) atoms. The summed E-state index contributed by atoms with van der Waals surface area (Å²) in [4.78, 5) is 21.8. The monoisotopic (exact) mass is 373 g/mol. The Kier molecular flexibility index (Phi) is 4.71. The Bertz CT molecular complexity index is 817. The summed E-state index contributed by atoms with van der Waals surface area (Å²) in [6, 6.07) is 5.52. The fourth-order valence-corrected chi connectivity index (χ4v) is 3.51. The number of hydrogen-bond acceptors (Lipinski definition) is 8. The zero-order valence-electron chi connectivity index (χ0n) is 15.2. The van der Waals surface area contributed by atoms with E-state index in [4.69, 9.17) is 19.6 Å². The predicted octanol–water partition coefficient (Wildman–Crippen LogP) is 0.808. The molecule has 0 aromatic carbocycles. The van der Waals surface area contributed by atoms with Crippen LogP contribution in [0.2, 0.25) is 0 Å². The Morgan fingerprint density at radius 1 is 1.33 bits per heavy atom. The molecule has 0 aliphatic carbocycles. The number of nitrogen functional groups attached to an aromatic ring is 1. The summed E-state index contributed by atoms with van der Waals surface area (Å²) >= 11 is 0. The lowest BCUT2D eigenvalue weighted by Gasteiger charge is -2.43. The maximum Gasteiger partial charge on any atom is 0.246 e. The van der Waals surface area contributed by atoms with Crippen LogP contribution in [-0.4, -0.2) is 59.7 Å². The molecule has 4 rings (SSSR count). The number of likely N-dealkylation sites (tertiary alicyclic amines) is 1. The smallest absolute Gasteiger partial charge is 0.246 e. The van der Waals surface area contributed by atoms with Crippen molar-refractivity contribution in [1.29, 1.82) is 0 Å². The van der Waals surface area contributed by atoms with E-state index in [0.717, 1.165) is 31.7 Å². The number of nitrogens with zero attached hydrogens (tertiary/aromatic N) is 3. The number of rotatable bonds is 4. The van der Waals surface area contributed by atoms with Crippen molar-refractivity contribution in [3.63, 3.8) is 0 Å². The van der Waals surface area contributed by atoms with Crippen LogP contribution in [0.1, 0.15) is 18.6 Å². The van der Waals surface area contributed by atoms with Crippen molar-refractivity contribution in [3.05, 3.63) is 24.0 Å². The van der Waals surface area contributed by atoms with Gasteiger partial charge < -0.3 is 24.9 Å². The summed E-state index contributed by atoms with van der Waals surface area (Å²) in [7, 11) is 1.53. The Morgan fingerprint density at radius 2 is 2.15 bits per heavy atom. The van der Waals surface area contributed by atoms with Gasteiger partial charge in [0.15, 0.2) is 5.76 Å². The second-order valence-corrected chi connectivity index (χ2v) is 6.94. The van der Waals surface area contributed by atoms with Gasteiger partial charge in [0.25, 0.3) is 0 Å². The van der Waals surface area contributed by atoms with Crippen molar-refractivity contribution in [1.82, 2.24) is 20.2 Å². The van der Waals surface area contributed by atoms with Crippen molar-refractivity contribution < 1.29 is 18.7 Å². The lowest BCUT2D eigenvalue weighted by Crippen LogP contribution is -2.57. The topological polar surface area (TPSA) is 116 Å². The summed E-state index contributed by atoms with van der Waals surface area (Å²) < 4.78 is 16.9. The van der Waals surface area contributed by atoms with Gasteiger partial charge in [-0.25, -0.2) is 4.98 Å². The minimum absolute atomic E-state index is 0.0341. The molecule has 9 nitrogen and oxygen atoms in total. The molecule has 2 fully saturated rings. The van der Waals surface area contributed by atoms with Crippen LogP contribution in [0.3, 0.4) is 0 Å². The van der Waals surface area contributed by atoms with Crippen molar-refractivity contribution in [3.8, 4) is 17.3 Å². The lowest BCUT2D eigenvalue weighted by atomic mass is 9.90. The first-order valence-corrected chi connectivity index (χ1v) is 8.96. The van der Waals surface area contributed by atoms with E-state index in [-0.39, 0.29) is 24.1 Å². The second-order valence-electron chi connectivity index (χ2n) is 6.94. The average molecular weight is 373 g/mol. The molecular weight excluding hydrogens is 350 g/mol. The van der Waals surface area contributed by atoms with Gasteiger partial charge in [-0.05, 0) is 25.0 Å². The number of piperidine rings is 1. The van der Waals surface area contributed by atoms with Gasteiger partial charge in [0.2, 0.25) is 17.7 Å². The van der Waals surface area contributed by atoms with Gasteiger partial charge in [0, 0.05) is 25.7 Å². The van der Waals surface area contributed by atoms with Gasteiger partial charge in [0.05, 0.1) is 19.3 Å². The molecule has 3 N–H and O–H groups in total. The molecule has 0 radical (unpaired) electrons. The molecule has 0 atom stereocenters. The third-order valence-corrected chi connectivity index (χ3v) is 5.11. The van der Waals surface area contributed by atoms with Crippen LogP contribution in [0, 0.1) is 0 Å². The Balaban J connectivity index is 1.38. The van der Waals surface area contributed by atoms with E-state index in [1.165, 1.54) is 7.11 Å². The Hall–Kier alpha value is -2.65. The maximum atomic E-state index is 11.3. The number of amides is 1. The van der Waals surface area contributed by atoms with Gasteiger partial charge in [-0.15, -0.1) is 0 Å². The third kappa shape index (κ3) is 3.88. The van der Waals surface area contributed by atoms with E-state index in [9.17, 15) is 4.79 Å². The Labute approximate surface area is 156 Å². The number of hydrogen-bond donors (Lipinski definition) is 2. The van der Waals surface area contributed by atoms with Crippen molar-refractivity contribution >= 4 is 11.9 Å². The van der Waals surface area contributed by atoms with E-state index in [1.54, 1.807) is 6.07 Å². The molecule has 1 spiro atoms. The number of morpholine rings is 1. The highest BCUT2D eigenvalue weighted by Crippen LogP contribution is 2.29. The molecule has 0 saturated carbocycles. The minimum Gasteiger partial charge on any atom is -0.481 e. The molecule has 1 amide bonds. The number of carbonyl (C=O) groups is 1. The van der Waals surface area contributed by atoms with Crippen LogP contribution in [-0.2, 0) is 16.1 Å². The van der Waals surface area contributed by atoms with Crippen LogP contribution >= 0.6 is 0 Å². The zero-order chi connectivity index (χ0) is 18.9. The number of nitrogens with two attached hydrogens (primary N) is 1. The molecular formula is C18H23N5O4. The molecule has 2 saturated heterocycles. The van der Waals surface area contributed by atoms with Crippen LogP contribution in [0.4, 0.5) is 5.95 Å². The van der Waals surface area contributed by atoms with Crippen LogP contribution < -0.4 is 15.8 Å². The quantitative estimate of drug-likeness (QED) is 0.809. The third-order valence-electron chi connectivity index (χ3n) is 5.11. The molecule has 2 aliphatic heterocycles. The molecule has 144 valence electrons. The Morgan fingerprint density at radius 3 is 2.85 bits per heavy atom. The summed E-state index contributed by atoms with van der Waals surface area (Å²) in [6.45, 7) is 3.25. The molecule has 2 aromatic rings. The molecule has 0 bridgehead atoms. The van der Waals surface area contributed by atoms with Crippen molar-refractivity contribution in [2.45, 2.75) is 25.0 Å². The van der Waals surface area contributed by atoms with Crippen LogP contribution in [0.15, 0.2) is 22.6 Å². The van der Waals surface area contributed by atoms with Crippen LogP contribution in [0.25, 0.3) is 11.5 Å². The molecule has 9 heteroatoms. The van der Waals surface area contributed by atoms with Crippen LogP contribution in [0.5, 0.6) is 5.88 Å². The normalized spacial score (nSPS) is 19.8. The summed E-state index contributed by atoms with van der Waals surface area (Å²) in [5.41, 5.74) is 6.09. The summed E-state index contributed by atoms with van der Waals surface area (Å²) in [6.07, 6.45) is 1.78. The predicted molar refractivity (Wildman–Crippen MR) is 96.9 cm³/mol. The average Bonchev–Trinajstić information content (AvgIpc) is 3.14. The lowest BCUT2D eigenvalue weighted by molar-refractivity contribution is -0.150. The maximum absolute atomic E-state index is 11.3. The number of anilines is 1. The first-order valence-electron chi connectivity index (χ1n) is 8.96. The zero-order valence-corrected chi connectivity index (χ0v) is 15.2. The number of furan rings is 1. The van der Waals surface area contributed by atoms with Gasteiger partial charge in [-0.1, -0.05) is 0 Å². The number of methoxy groups -OCH3 is 1. The molecule has 0 unspecified atom stereocenters. The highest BCUT2D eigenvalue weighted by atomic mass is 16.5. The first-order chi connectivity index (χ1) is 13.0. The fraction of sp³-hybridized carbons (Fsp3) is 0.500. The number of nitrogens with one attached hydrogen (secondary N) is 1. The number of ether oxygens (including phenoxy) is 2.